The summed E-state index contributed by atoms with van der Waals surface area (Å²) in [5.41, 5.74) is 1.11. The molecule has 13 heavy (non-hydrogen) atoms. The van der Waals surface area contributed by atoms with E-state index in [1.165, 1.54) is 0 Å². The van der Waals surface area contributed by atoms with E-state index < -0.39 is 0 Å². The van der Waals surface area contributed by atoms with Crippen molar-refractivity contribution < 1.29 is 4.74 Å². The van der Waals surface area contributed by atoms with Gasteiger partial charge < -0.3 is 4.74 Å². The Morgan fingerprint density at radius 3 is 2.92 bits per heavy atom. The highest BCUT2D eigenvalue weighted by Gasteiger charge is 2.17. The van der Waals surface area contributed by atoms with E-state index in [1.807, 2.05) is 32.2 Å². The fourth-order valence-electron chi connectivity index (χ4n) is 1.38. The molecular weight excluding hydrogens is 162 g/mol. The lowest BCUT2D eigenvalue weighted by molar-refractivity contribution is 0.268. The molecule has 1 aliphatic heterocycles. The molecule has 1 atom stereocenters. The second kappa shape index (κ2) is 4.85. The Labute approximate surface area is 80.0 Å². The molecule has 2 nitrogen and oxygen atoms in total. The topological polar surface area (TPSA) is 22.1 Å². The molecule has 0 spiro atoms. The quantitative estimate of drug-likeness (QED) is 0.610. The molecule has 2 rings (SSSR count). The first-order valence-corrected chi connectivity index (χ1v) is 4.95. The average molecular weight is 179 g/mol. The molecule has 2 heterocycles. The number of aromatic nitrogens is 1. The summed E-state index contributed by atoms with van der Waals surface area (Å²) in [6.45, 7) is 7.02. The van der Waals surface area contributed by atoms with Crippen LogP contribution in [0.15, 0.2) is 18.3 Å². The van der Waals surface area contributed by atoms with Crippen LogP contribution in [0.2, 0.25) is 0 Å². The first-order chi connectivity index (χ1) is 6.38. The van der Waals surface area contributed by atoms with Crippen LogP contribution in [-0.4, -0.2) is 11.6 Å². The Kier molecular flexibility index (Phi) is 3.74. The molecule has 0 fully saturated rings. The second-order valence-corrected chi connectivity index (χ2v) is 2.92. The third-order valence-corrected chi connectivity index (χ3v) is 2.07. The van der Waals surface area contributed by atoms with Gasteiger partial charge in [0.25, 0.3) is 0 Å². The van der Waals surface area contributed by atoms with Crippen molar-refractivity contribution in [2.75, 3.05) is 6.61 Å². The van der Waals surface area contributed by atoms with Crippen molar-refractivity contribution >= 4 is 0 Å². The summed E-state index contributed by atoms with van der Waals surface area (Å²) in [4.78, 5) is 4.28. The summed E-state index contributed by atoms with van der Waals surface area (Å²) in [6.07, 6.45) is 2.91. The second-order valence-electron chi connectivity index (χ2n) is 2.92. The average Bonchev–Trinajstić information content (AvgIpc) is 2.22. The highest BCUT2D eigenvalue weighted by Crippen LogP contribution is 2.30. The zero-order valence-electron chi connectivity index (χ0n) is 8.58. The van der Waals surface area contributed by atoms with Gasteiger partial charge in [-0.25, -0.2) is 0 Å². The lowest BCUT2D eigenvalue weighted by atomic mass is 10.0. The van der Waals surface area contributed by atoms with Crippen LogP contribution in [0.3, 0.4) is 0 Å². The lowest BCUT2D eigenvalue weighted by Crippen LogP contribution is -2.12. The minimum Gasteiger partial charge on any atom is -0.492 e. The van der Waals surface area contributed by atoms with Crippen LogP contribution in [0.1, 0.15) is 38.8 Å². The third kappa shape index (κ3) is 2.20. The first kappa shape index (κ1) is 10.0. The fourth-order valence-corrected chi connectivity index (χ4v) is 1.38. The Bertz CT molecular complexity index is 260. The third-order valence-electron chi connectivity index (χ3n) is 2.07. The van der Waals surface area contributed by atoms with Crippen LogP contribution < -0.4 is 4.74 Å². The number of rotatable bonds is 0. The zero-order chi connectivity index (χ0) is 9.68. The van der Waals surface area contributed by atoms with Gasteiger partial charge in [0, 0.05) is 12.1 Å². The van der Waals surface area contributed by atoms with E-state index in [4.69, 9.17) is 4.74 Å². The molecular formula is C11H17NO. The van der Waals surface area contributed by atoms with E-state index >= 15 is 0 Å². The fraction of sp³-hybridized carbons (Fsp3) is 0.545. The van der Waals surface area contributed by atoms with Crippen LogP contribution >= 0.6 is 0 Å². The van der Waals surface area contributed by atoms with E-state index in [2.05, 4.69) is 11.9 Å². The van der Waals surface area contributed by atoms with Crippen molar-refractivity contribution in [3.05, 3.63) is 24.0 Å². The molecule has 2 heteroatoms. The molecule has 1 aromatic rings. The van der Waals surface area contributed by atoms with Gasteiger partial charge in [-0.3, -0.25) is 4.98 Å². The SMILES string of the molecule is CC.CC1CCOc2cccnc21. The first-order valence-electron chi connectivity index (χ1n) is 4.95. The Morgan fingerprint density at radius 2 is 2.23 bits per heavy atom. The summed E-state index contributed by atoms with van der Waals surface area (Å²) < 4.78 is 5.43. The number of hydrogen-bond donors (Lipinski definition) is 0. The summed E-state index contributed by atoms with van der Waals surface area (Å²) in [5, 5.41) is 0. The largest absolute Gasteiger partial charge is 0.492 e. The lowest BCUT2D eigenvalue weighted by Gasteiger charge is -2.20. The molecule has 0 radical (unpaired) electrons. The van der Waals surface area contributed by atoms with Gasteiger partial charge in [-0.05, 0) is 18.6 Å². The molecule has 0 saturated heterocycles. The van der Waals surface area contributed by atoms with Crippen LogP contribution in [0.25, 0.3) is 0 Å². The van der Waals surface area contributed by atoms with Gasteiger partial charge in [0.05, 0.1) is 12.3 Å². The number of pyridine rings is 1. The maximum atomic E-state index is 5.43. The van der Waals surface area contributed by atoms with Crippen molar-refractivity contribution in [1.82, 2.24) is 4.98 Å². The molecule has 0 bridgehead atoms. The van der Waals surface area contributed by atoms with Crippen molar-refractivity contribution in [3.8, 4) is 5.75 Å². The molecule has 0 N–H and O–H groups in total. The van der Waals surface area contributed by atoms with Crippen LogP contribution in [0.5, 0.6) is 5.75 Å². The Morgan fingerprint density at radius 1 is 1.46 bits per heavy atom. The van der Waals surface area contributed by atoms with Gasteiger partial charge in [0.2, 0.25) is 0 Å². The number of fused-ring (bicyclic) bond motifs is 1. The van der Waals surface area contributed by atoms with Gasteiger partial charge >= 0.3 is 0 Å². The summed E-state index contributed by atoms with van der Waals surface area (Å²) in [5.74, 6) is 1.52. The molecule has 0 saturated carbocycles. The van der Waals surface area contributed by atoms with Crippen LogP contribution in [0.4, 0.5) is 0 Å². The summed E-state index contributed by atoms with van der Waals surface area (Å²) in [7, 11) is 0. The van der Waals surface area contributed by atoms with Gasteiger partial charge in [-0.15, -0.1) is 0 Å². The van der Waals surface area contributed by atoms with Crippen molar-refractivity contribution in [2.45, 2.75) is 33.1 Å². The highest BCUT2D eigenvalue weighted by atomic mass is 16.5. The van der Waals surface area contributed by atoms with E-state index in [9.17, 15) is 0 Å². The number of ether oxygens (including phenoxy) is 1. The highest BCUT2D eigenvalue weighted by molar-refractivity contribution is 5.30. The molecule has 0 amide bonds. The zero-order valence-corrected chi connectivity index (χ0v) is 8.58. The van der Waals surface area contributed by atoms with Crippen molar-refractivity contribution in [2.24, 2.45) is 0 Å². The Balaban J connectivity index is 0.000000396. The number of hydrogen-bond acceptors (Lipinski definition) is 2. The minimum absolute atomic E-state index is 0.556. The molecule has 1 unspecified atom stereocenters. The molecule has 1 aliphatic rings. The normalized spacial score (nSPS) is 19.2. The van der Waals surface area contributed by atoms with E-state index in [0.29, 0.717) is 5.92 Å². The van der Waals surface area contributed by atoms with Crippen LogP contribution in [-0.2, 0) is 0 Å². The van der Waals surface area contributed by atoms with Gasteiger partial charge in [0.15, 0.2) is 0 Å². The molecule has 1 aromatic heterocycles. The smallest absolute Gasteiger partial charge is 0.141 e. The standard InChI is InChI=1S/C9H11NO.C2H6/c1-7-4-6-11-8-3-2-5-10-9(7)8;1-2/h2-3,5,7H,4,6H2,1H3;1-2H3. The molecule has 72 valence electrons. The van der Waals surface area contributed by atoms with E-state index in [1.54, 1.807) is 0 Å². The summed E-state index contributed by atoms with van der Waals surface area (Å²) >= 11 is 0. The van der Waals surface area contributed by atoms with E-state index in [0.717, 1.165) is 24.5 Å². The summed E-state index contributed by atoms with van der Waals surface area (Å²) in [6, 6.07) is 3.90. The van der Waals surface area contributed by atoms with Crippen molar-refractivity contribution in [1.29, 1.82) is 0 Å². The van der Waals surface area contributed by atoms with E-state index in [-0.39, 0.29) is 0 Å². The Hall–Kier alpha value is -1.05. The maximum absolute atomic E-state index is 5.43. The number of nitrogens with zero attached hydrogens (tertiary/aromatic N) is 1. The molecule has 0 aliphatic carbocycles. The van der Waals surface area contributed by atoms with Gasteiger partial charge in [0.1, 0.15) is 5.75 Å². The predicted octanol–water partition coefficient (Wildman–Crippen LogP) is 2.99. The van der Waals surface area contributed by atoms with Gasteiger partial charge in [-0.2, -0.15) is 0 Å². The monoisotopic (exact) mass is 179 g/mol. The van der Waals surface area contributed by atoms with Gasteiger partial charge in [-0.1, -0.05) is 20.8 Å². The minimum atomic E-state index is 0.556. The maximum Gasteiger partial charge on any atom is 0.141 e. The molecule has 0 aromatic carbocycles. The van der Waals surface area contributed by atoms with Crippen molar-refractivity contribution in [3.63, 3.8) is 0 Å². The van der Waals surface area contributed by atoms with Crippen LogP contribution in [0, 0.1) is 0 Å². The predicted molar refractivity (Wildman–Crippen MR) is 54.1 cm³/mol.